The highest BCUT2D eigenvalue weighted by Gasteiger charge is 2.23. The van der Waals surface area contributed by atoms with E-state index in [0.717, 1.165) is 38.8 Å². The molecule has 1 aliphatic heterocycles. The first kappa shape index (κ1) is 17.4. The van der Waals surface area contributed by atoms with Crippen LogP contribution in [0, 0.1) is 5.92 Å². The van der Waals surface area contributed by atoms with E-state index in [9.17, 15) is 4.79 Å². The third kappa shape index (κ3) is 6.23. The van der Waals surface area contributed by atoms with Crippen molar-refractivity contribution in [2.45, 2.75) is 70.9 Å². The minimum Gasteiger partial charge on any atom is -0.353 e. The van der Waals surface area contributed by atoms with E-state index in [-0.39, 0.29) is 5.91 Å². The van der Waals surface area contributed by atoms with Crippen molar-refractivity contribution >= 4 is 5.91 Å². The molecule has 0 bridgehead atoms. The molecular formula is C16H33N3O. The van der Waals surface area contributed by atoms with Gasteiger partial charge in [0.15, 0.2) is 0 Å². The summed E-state index contributed by atoms with van der Waals surface area (Å²) in [6.07, 6.45) is 7.21. The molecule has 3 unspecified atom stereocenters. The molecule has 0 spiro atoms. The summed E-state index contributed by atoms with van der Waals surface area (Å²) in [5, 5.41) is 3.21. The molecule has 4 heteroatoms. The maximum absolute atomic E-state index is 12.1. The first-order chi connectivity index (χ1) is 9.56. The van der Waals surface area contributed by atoms with Gasteiger partial charge in [-0.3, -0.25) is 4.79 Å². The Morgan fingerprint density at radius 2 is 2.15 bits per heavy atom. The van der Waals surface area contributed by atoms with E-state index in [1.165, 1.54) is 12.8 Å². The average Bonchev–Trinajstić information content (AvgIpc) is 2.41. The number of likely N-dealkylation sites (tertiary alicyclic amines) is 1. The monoisotopic (exact) mass is 283 g/mol. The van der Waals surface area contributed by atoms with E-state index < -0.39 is 0 Å². The highest BCUT2D eigenvalue weighted by molar-refractivity contribution is 5.76. The molecule has 3 N–H and O–H groups in total. The van der Waals surface area contributed by atoms with Gasteiger partial charge < -0.3 is 16.0 Å². The highest BCUT2D eigenvalue weighted by Crippen LogP contribution is 2.18. The first-order valence-corrected chi connectivity index (χ1v) is 8.26. The third-order valence-electron chi connectivity index (χ3n) is 4.62. The summed E-state index contributed by atoms with van der Waals surface area (Å²) >= 11 is 0. The summed E-state index contributed by atoms with van der Waals surface area (Å²) in [5.74, 6) is 0.844. The molecular weight excluding hydrogens is 250 g/mol. The number of hydrogen-bond donors (Lipinski definition) is 2. The minimum atomic E-state index is 0.227. The summed E-state index contributed by atoms with van der Waals surface area (Å²) in [6, 6.07) is 0.937. The number of carbonyl (C=O) groups is 1. The predicted molar refractivity (Wildman–Crippen MR) is 84.6 cm³/mol. The van der Waals surface area contributed by atoms with Gasteiger partial charge in [0, 0.05) is 25.0 Å². The molecule has 0 saturated carbocycles. The Bertz CT molecular complexity index is 277. The molecule has 0 aromatic heterocycles. The lowest BCUT2D eigenvalue weighted by Crippen LogP contribution is -2.47. The zero-order chi connectivity index (χ0) is 15.0. The van der Waals surface area contributed by atoms with Crippen LogP contribution in [0.15, 0.2) is 0 Å². The largest absolute Gasteiger partial charge is 0.353 e. The van der Waals surface area contributed by atoms with Gasteiger partial charge >= 0.3 is 0 Å². The van der Waals surface area contributed by atoms with Gasteiger partial charge in [-0.25, -0.2) is 0 Å². The molecule has 1 heterocycles. The highest BCUT2D eigenvalue weighted by atomic mass is 16.1. The van der Waals surface area contributed by atoms with Crippen LogP contribution >= 0.6 is 0 Å². The quantitative estimate of drug-likeness (QED) is 0.717. The van der Waals surface area contributed by atoms with Gasteiger partial charge in [-0.1, -0.05) is 19.8 Å². The number of amides is 1. The Hall–Kier alpha value is -0.610. The van der Waals surface area contributed by atoms with Crippen molar-refractivity contribution in [1.29, 1.82) is 0 Å². The summed E-state index contributed by atoms with van der Waals surface area (Å²) in [4.78, 5) is 14.4. The zero-order valence-corrected chi connectivity index (χ0v) is 13.5. The average molecular weight is 283 g/mol. The van der Waals surface area contributed by atoms with Crippen LogP contribution in [-0.2, 0) is 4.79 Å². The van der Waals surface area contributed by atoms with Crippen molar-refractivity contribution < 1.29 is 4.79 Å². The van der Waals surface area contributed by atoms with Crippen molar-refractivity contribution in [2.24, 2.45) is 11.7 Å². The van der Waals surface area contributed by atoms with E-state index in [1.54, 1.807) is 0 Å². The lowest BCUT2D eigenvalue weighted by molar-refractivity contribution is -0.122. The van der Waals surface area contributed by atoms with Crippen molar-refractivity contribution in [3.05, 3.63) is 0 Å². The lowest BCUT2D eigenvalue weighted by Gasteiger charge is -2.35. The second-order valence-corrected chi connectivity index (χ2v) is 6.39. The van der Waals surface area contributed by atoms with Crippen LogP contribution in [0.1, 0.15) is 58.8 Å². The molecule has 0 aromatic carbocycles. The Morgan fingerprint density at radius 1 is 1.40 bits per heavy atom. The van der Waals surface area contributed by atoms with Crippen LogP contribution in [0.3, 0.4) is 0 Å². The second kappa shape index (κ2) is 9.35. The number of nitrogens with two attached hydrogens (primary N) is 1. The summed E-state index contributed by atoms with van der Waals surface area (Å²) in [6.45, 7) is 6.25. The number of rotatable bonds is 8. The fraction of sp³-hybridized carbons (Fsp3) is 0.938. The van der Waals surface area contributed by atoms with E-state index >= 15 is 0 Å². The van der Waals surface area contributed by atoms with Gasteiger partial charge in [0.25, 0.3) is 0 Å². The van der Waals surface area contributed by atoms with E-state index in [4.69, 9.17) is 5.73 Å². The summed E-state index contributed by atoms with van der Waals surface area (Å²) in [7, 11) is 2.16. The molecule has 0 aromatic rings. The van der Waals surface area contributed by atoms with Crippen molar-refractivity contribution in [2.75, 3.05) is 20.1 Å². The Balaban J connectivity index is 2.25. The summed E-state index contributed by atoms with van der Waals surface area (Å²) < 4.78 is 0. The Morgan fingerprint density at radius 3 is 2.75 bits per heavy atom. The van der Waals surface area contributed by atoms with Gasteiger partial charge in [0.2, 0.25) is 5.91 Å². The molecule has 0 aliphatic carbocycles. The predicted octanol–water partition coefficient (Wildman–Crippen LogP) is 2.13. The van der Waals surface area contributed by atoms with E-state index in [2.05, 4.69) is 31.1 Å². The molecule has 1 fully saturated rings. The lowest BCUT2D eigenvalue weighted by atomic mass is 9.94. The van der Waals surface area contributed by atoms with Crippen molar-refractivity contribution in [3.8, 4) is 0 Å². The molecule has 1 rings (SSSR count). The van der Waals surface area contributed by atoms with Crippen LogP contribution in [0.2, 0.25) is 0 Å². The molecule has 1 amide bonds. The van der Waals surface area contributed by atoms with Crippen LogP contribution in [0.25, 0.3) is 0 Å². The van der Waals surface area contributed by atoms with Gasteiger partial charge in [0.05, 0.1) is 0 Å². The Labute approximate surface area is 124 Å². The fourth-order valence-corrected chi connectivity index (χ4v) is 3.13. The van der Waals surface area contributed by atoms with Crippen molar-refractivity contribution in [1.82, 2.24) is 10.2 Å². The maximum Gasteiger partial charge on any atom is 0.220 e. The van der Waals surface area contributed by atoms with E-state index in [0.29, 0.717) is 24.4 Å². The number of nitrogens with one attached hydrogen (secondary N) is 1. The zero-order valence-electron chi connectivity index (χ0n) is 13.5. The third-order valence-corrected chi connectivity index (χ3v) is 4.62. The van der Waals surface area contributed by atoms with Crippen LogP contribution in [0.5, 0.6) is 0 Å². The van der Waals surface area contributed by atoms with Crippen LogP contribution in [-0.4, -0.2) is 43.0 Å². The molecule has 0 radical (unpaired) electrons. The number of nitrogens with zero attached hydrogens (tertiary/aromatic N) is 1. The standard InChI is InChI=1S/C16H33N3O/c1-4-5-14(8-10-17)6-7-16(20)18-15-9-11-19(3)13(2)12-15/h13-15H,4-12,17H2,1-3H3,(H,18,20). The van der Waals surface area contributed by atoms with Crippen LogP contribution in [0.4, 0.5) is 0 Å². The van der Waals surface area contributed by atoms with Gasteiger partial charge in [-0.05, 0) is 52.1 Å². The topological polar surface area (TPSA) is 58.4 Å². The number of piperidine rings is 1. The Kier molecular flexibility index (Phi) is 8.15. The first-order valence-electron chi connectivity index (χ1n) is 8.26. The maximum atomic E-state index is 12.1. The molecule has 118 valence electrons. The van der Waals surface area contributed by atoms with Crippen LogP contribution < -0.4 is 11.1 Å². The SMILES string of the molecule is CCCC(CCN)CCC(=O)NC1CCN(C)C(C)C1. The number of carbonyl (C=O) groups excluding carboxylic acids is 1. The summed E-state index contributed by atoms with van der Waals surface area (Å²) in [5.41, 5.74) is 5.64. The van der Waals surface area contributed by atoms with Gasteiger partial charge in [0.1, 0.15) is 0 Å². The van der Waals surface area contributed by atoms with E-state index in [1.807, 2.05) is 0 Å². The molecule has 3 atom stereocenters. The minimum absolute atomic E-state index is 0.227. The second-order valence-electron chi connectivity index (χ2n) is 6.39. The molecule has 20 heavy (non-hydrogen) atoms. The molecule has 4 nitrogen and oxygen atoms in total. The normalized spacial score (nSPS) is 25.4. The number of hydrogen-bond acceptors (Lipinski definition) is 3. The molecule has 1 aliphatic rings. The fourth-order valence-electron chi connectivity index (χ4n) is 3.13. The molecule has 1 saturated heterocycles. The smallest absolute Gasteiger partial charge is 0.220 e. The van der Waals surface area contributed by atoms with Crippen molar-refractivity contribution in [3.63, 3.8) is 0 Å². The van der Waals surface area contributed by atoms with Gasteiger partial charge in [-0.2, -0.15) is 0 Å². The van der Waals surface area contributed by atoms with Gasteiger partial charge in [-0.15, -0.1) is 0 Å².